The zero-order chi connectivity index (χ0) is 11.0. The molecule has 78 valence electrons. The van der Waals surface area contributed by atoms with Crippen molar-refractivity contribution in [2.45, 2.75) is 13.3 Å². The summed E-state index contributed by atoms with van der Waals surface area (Å²) in [6.07, 6.45) is 1.46. The van der Waals surface area contributed by atoms with Gasteiger partial charge in [-0.1, -0.05) is 13.0 Å². The van der Waals surface area contributed by atoms with Gasteiger partial charge in [-0.25, -0.2) is 4.39 Å². The van der Waals surface area contributed by atoms with Gasteiger partial charge in [0.25, 0.3) is 0 Å². The Labute approximate surface area is 87.3 Å². The molecule has 0 atom stereocenters. The molecule has 0 aliphatic carbocycles. The van der Waals surface area contributed by atoms with Crippen LogP contribution in [0.15, 0.2) is 18.2 Å². The molecule has 0 amide bonds. The van der Waals surface area contributed by atoms with Crippen molar-refractivity contribution in [2.75, 3.05) is 0 Å². The van der Waals surface area contributed by atoms with E-state index in [0.717, 1.165) is 23.9 Å². The van der Waals surface area contributed by atoms with Crippen LogP contribution in [0.1, 0.15) is 23.0 Å². The molecular formula is C12H12FNO. The number of hydrogen-bond acceptors (Lipinski definition) is 1. The Morgan fingerprint density at radius 2 is 2.20 bits per heavy atom. The van der Waals surface area contributed by atoms with Gasteiger partial charge in [0.15, 0.2) is 6.29 Å². The number of rotatable bonds is 2. The van der Waals surface area contributed by atoms with Crippen LogP contribution in [0.5, 0.6) is 0 Å². The van der Waals surface area contributed by atoms with Crippen LogP contribution in [0, 0.1) is 5.82 Å². The molecule has 1 heterocycles. The molecule has 0 saturated heterocycles. The molecule has 0 N–H and O–H groups in total. The summed E-state index contributed by atoms with van der Waals surface area (Å²) in [5.41, 5.74) is 2.13. The van der Waals surface area contributed by atoms with Gasteiger partial charge in [0.05, 0.1) is 5.52 Å². The normalized spacial score (nSPS) is 10.9. The molecular weight excluding hydrogens is 193 g/mol. The van der Waals surface area contributed by atoms with E-state index < -0.39 is 0 Å². The number of carbonyl (C=O) groups excluding carboxylic acids is 1. The van der Waals surface area contributed by atoms with Gasteiger partial charge in [0.1, 0.15) is 5.82 Å². The Bertz CT molecular complexity index is 528. The fourth-order valence-corrected chi connectivity index (χ4v) is 2.08. The van der Waals surface area contributed by atoms with E-state index in [9.17, 15) is 9.18 Å². The number of carbonyl (C=O) groups is 1. The average Bonchev–Trinajstić information content (AvgIpc) is 2.53. The molecule has 0 aliphatic heterocycles. The van der Waals surface area contributed by atoms with Crippen molar-refractivity contribution in [3.05, 3.63) is 35.3 Å². The van der Waals surface area contributed by atoms with Crippen molar-refractivity contribution in [2.24, 2.45) is 7.05 Å². The molecule has 2 aromatic rings. The fraction of sp³-hybridized carbons (Fsp3) is 0.250. The first kappa shape index (κ1) is 9.90. The summed E-state index contributed by atoms with van der Waals surface area (Å²) in [6, 6.07) is 4.87. The number of nitrogens with zero attached hydrogens (tertiary/aromatic N) is 1. The third-order valence-electron chi connectivity index (χ3n) is 2.79. The topological polar surface area (TPSA) is 22.0 Å². The third-order valence-corrected chi connectivity index (χ3v) is 2.79. The van der Waals surface area contributed by atoms with E-state index >= 15 is 0 Å². The fourth-order valence-electron chi connectivity index (χ4n) is 2.08. The number of aldehydes is 1. The highest BCUT2D eigenvalue weighted by molar-refractivity contribution is 5.99. The molecule has 0 radical (unpaired) electrons. The highest BCUT2D eigenvalue weighted by Crippen LogP contribution is 2.26. The van der Waals surface area contributed by atoms with Crippen molar-refractivity contribution in [1.29, 1.82) is 0 Å². The van der Waals surface area contributed by atoms with Gasteiger partial charge < -0.3 is 4.57 Å². The van der Waals surface area contributed by atoms with Crippen LogP contribution < -0.4 is 0 Å². The van der Waals surface area contributed by atoms with E-state index in [1.807, 2.05) is 24.6 Å². The number of fused-ring (bicyclic) bond motifs is 1. The van der Waals surface area contributed by atoms with E-state index in [-0.39, 0.29) is 5.82 Å². The molecule has 0 spiro atoms. The van der Waals surface area contributed by atoms with Crippen molar-refractivity contribution < 1.29 is 9.18 Å². The van der Waals surface area contributed by atoms with E-state index in [4.69, 9.17) is 0 Å². The summed E-state index contributed by atoms with van der Waals surface area (Å²) in [6.45, 7) is 1.96. The van der Waals surface area contributed by atoms with Gasteiger partial charge >= 0.3 is 0 Å². The maximum Gasteiger partial charge on any atom is 0.152 e. The molecule has 0 aliphatic rings. The number of aromatic nitrogens is 1. The van der Waals surface area contributed by atoms with Gasteiger partial charge in [-0.2, -0.15) is 0 Å². The van der Waals surface area contributed by atoms with E-state index in [1.165, 1.54) is 6.07 Å². The summed E-state index contributed by atoms with van der Waals surface area (Å²) in [7, 11) is 1.85. The molecule has 1 aromatic carbocycles. The lowest BCUT2D eigenvalue weighted by Gasteiger charge is -2.00. The first-order valence-corrected chi connectivity index (χ1v) is 4.91. The molecule has 0 fully saturated rings. The summed E-state index contributed by atoms with van der Waals surface area (Å²) in [5.74, 6) is -0.329. The summed E-state index contributed by atoms with van der Waals surface area (Å²) in [5, 5.41) is 0.437. The second kappa shape index (κ2) is 3.50. The molecule has 15 heavy (non-hydrogen) atoms. The number of halogens is 1. The Morgan fingerprint density at radius 3 is 2.80 bits per heavy atom. The van der Waals surface area contributed by atoms with Crippen LogP contribution >= 0.6 is 0 Å². The monoisotopic (exact) mass is 205 g/mol. The van der Waals surface area contributed by atoms with Crippen LogP contribution in [0.4, 0.5) is 4.39 Å². The number of benzene rings is 1. The molecule has 2 nitrogen and oxygen atoms in total. The largest absolute Gasteiger partial charge is 0.347 e. The maximum absolute atomic E-state index is 13.6. The first-order chi connectivity index (χ1) is 7.20. The predicted molar refractivity (Wildman–Crippen MR) is 57.6 cm³/mol. The minimum Gasteiger partial charge on any atom is -0.347 e. The van der Waals surface area contributed by atoms with Crippen molar-refractivity contribution in [3.63, 3.8) is 0 Å². The smallest absolute Gasteiger partial charge is 0.152 e. The maximum atomic E-state index is 13.6. The average molecular weight is 205 g/mol. The van der Waals surface area contributed by atoms with Crippen LogP contribution in [0.25, 0.3) is 10.9 Å². The van der Waals surface area contributed by atoms with Crippen molar-refractivity contribution >= 4 is 17.2 Å². The summed E-state index contributed by atoms with van der Waals surface area (Å²) < 4.78 is 15.5. The zero-order valence-electron chi connectivity index (χ0n) is 8.75. The number of hydrogen-bond donors (Lipinski definition) is 0. The highest BCUT2D eigenvalue weighted by Gasteiger charge is 2.15. The lowest BCUT2D eigenvalue weighted by atomic mass is 10.1. The second-order valence-electron chi connectivity index (χ2n) is 3.52. The lowest BCUT2D eigenvalue weighted by Crippen LogP contribution is -1.96. The van der Waals surface area contributed by atoms with Gasteiger partial charge in [-0.3, -0.25) is 4.79 Å². The van der Waals surface area contributed by atoms with Gasteiger partial charge in [-0.15, -0.1) is 0 Å². The minimum atomic E-state index is -0.329. The van der Waals surface area contributed by atoms with Gasteiger partial charge in [0.2, 0.25) is 0 Å². The quantitative estimate of drug-likeness (QED) is 0.691. The van der Waals surface area contributed by atoms with E-state index in [1.54, 1.807) is 6.07 Å². The van der Waals surface area contributed by atoms with Crippen LogP contribution in [0.3, 0.4) is 0 Å². The second-order valence-corrected chi connectivity index (χ2v) is 3.52. The van der Waals surface area contributed by atoms with Crippen molar-refractivity contribution in [1.82, 2.24) is 4.57 Å². The minimum absolute atomic E-state index is 0.329. The molecule has 2 rings (SSSR count). The van der Waals surface area contributed by atoms with Crippen molar-refractivity contribution in [3.8, 4) is 0 Å². The first-order valence-electron chi connectivity index (χ1n) is 4.91. The van der Waals surface area contributed by atoms with Crippen LogP contribution in [-0.4, -0.2) is 10.9 Å². The molecule has 1 aromatic heterocycles. The van der Waals surface area contributed by atoms with E-state index in [2.05, 4.69) is 0 Å². The Hall–Kier alpha value is -1.64. The van der Waals surface area contributed by atoms with Gasteiger partial charge in [-0.05, 0) is 18.6 Å². The van der Waals surface area contributed by atoms with Crippen LogP contribution in [-0.2, 0) is 13.5 Å². The van der Waals surface area contributed by atoms with Gasteiger partial charge in [0, 0.05) is 23.7 Å². The summed E-state index contributed by atoms with van der Waals surface area (Å²) >= 11 is 0. The standard InChI is InChI=1S/C12H12FNO/c1-3-10-8(7-15)12-9(13)5-4-6-11(12)14(10)2/h4-7H,3H2,1-2H3. The molecule has 0 bridgehead atoms. The molecule has 0 saturated carbocycles. The third kappa shape index (κ3) is 1.27. The highest BCUT2D eigenvalue weighted by atomic mass is 19.1. The zero-order valence-corrected chi connectivity index (χ0v) is 8.75. The SMILES string of the molecule is CCc1c(C=O)c2c(F)cccc2n1C. The van der Waals surface area contributed by atoms with E-state index in [0.29, 0.717) is 10.9 Å². The Kier molecular flexibility index (Phi) is 2.31. The lowest BCUT2D eigenvalue weighted by molar-refractivity contribution is 0.112. The molecule has 0 unspecified atom stereocenters. The molecule has 3 heteroatoms. The Morgan fingerprint density at radius 1 is 1.47 bits per heavy atom. The predicted octanol–water partition coefficient (Wildman–Crippen LogP) is 2.69. The summed E-state index contributed by atoms with van der Waals surface area (Å²) in [4.78, 5) is 11.0. The van der Waals surface area contributed by atoms with Crippen LogP contribution in [0.2, 0.25) is 0 Å². The Balaban J connectivity index is 2.98. The number of aryl methyl sites for hydroxylation is 1.